The quantitative estimate of drug-likeness (QED) is 0.810. The first-order valence-corrected chi connectivity index (χ1v) is 8.50. The molecule has 0 bridgehead atoms. The largest absolute Gasteiger partial charge is 0.467 e. The van der Waals surface area contributed by atoms with Crippen molar-refractivity contribution in [1.29, 1.82) is 0 Å². The van der Waals surface area contributed by atoms with E-state index in [1.807, 2.05) is 0 Å². The van der Waals surface area contributed by atoms with E-state index in [-0.39, 0.29) is 28.3 Å². The molecular formula is C13H15ClFN5O3S. The fraction of sp³-hybridized carbons (Fsp3) is 0.308. The second-order valence-corrected chi connectivity index (χ2v) is 7.01. The number of benzene rings is 1. The predicted octanol–water partition coefficient (Wildman–Crippen LogP) is 1.22. The lowest BCUT2D eigenvalue weighted by atomic mass is 10.3. The van der Waals surface area contributed by atoms with Gasteiger partial charge in [-0.1, -0.05) is 11.6 Å². The van der Waals surface area contributed by atoms with Crippen LogP contribution in [0.5, 0.6) is 6.01 Å². The number of sulfonamides is 1. The van der Waals surface area contributed by atoms with E-state index in [4.69, 9.17) is 16.3 Å². The molecule has 24 heavy (non-hydrogen) atoms. The van der Waals surface area contributed by atoms with Crippen LogP contribution in [-0.2, 0) is 16.6 Å². The minimum absolute atomic E-state index is 0.0627. The minimum atomic E-state index is -3.91. The summed E-state index contributed by atoms with van der Waals surface area (Å²) in [5, 5.41) is -0.283. The lowest BCUT2D eigenvalue weighted by molar-refractivity contribution is 0.375. The maximum atomic E-state index is 13.1. The molecule has 1 N–H and O–H groups in total. The van der Waals surface area contributed by atoms with Gasteiger partial charge >= 0.3 is 6.01 Å². The van der Waals surface area contributed by atoms with Crippen molar-refractivity contribution in [1.82, 2.24) is 19.7 Å². The van der Waals surface area contributed by atoms with Crippen molar-refractivity contribution in [3.63, 3.8) is 0 Å². The smallest absolute Gasteiger partial charge is 0.321 e. The molecule has 8 nitrogen and oxygen atoms in total. The van der Waals surface area contributed by atoms with Gasteiger partial charge in [-0.25, -0.2) is 17.5 Å². The Morgan fingerprint density at radius 1 is 1.29 bits per heavy atom. The van der Waals surface area contributed by atoms with Gasteiger partial charge in [0.2, 0.25) is 16.0 Å². The first-order valence-electron chi connectivity index (χ1n) is 6.64. The van der Waals surface area contributed by atoms with Crippen molar-refractivity contribution in [2.45, 2.75) is 11.4 Å². The molecular weight excluding hydrogens is 361 g/mol. The van der Waals surface area contributed by atoms with E-state index in [9.17, 15) is 12.8 Å². The molecule has 0 aliphatic carbocycles. The molecule has 0 aliphatic rings. The first kappa shape index (κ1) is 18.3. The lowest BCUT2D eigenvalue weighted by Crippen LogP contribution is -2.25. The van der Waals surface area contributed by atoms with E-state index in [2.05, 4.69) is 19.7 Å². The van der Waals surface area contributed by atoms with Gasteiger partial charge in [-0.05, 0) is 18.2 Å². The number of rotatable bonds is 6. The lowest BCUT2D eigenvalue weighted by Gasteiger charge is -2.12. The van der Waals surface area contributed by atoms with Gasteiger partial charge in [0.15, 0.2) is 5.82 Å². The van der Waals surface area contributed by atoms with Gasteiger partial charge in [0, 0.05) is 14.1 Å². The zero-order valence-electron chi connectivity index (χ0n) is 13.1. The summed E-state index contributed by atoms with van der Waals surface area (Å²) >= 11 is 5.61. The van der Waals surface area contributed by atoms with Crippen LogP contribution >= 0.6 is 11.6 Å². The van der Waals surface area contributed by atoms with Gasteiger partial charge in [-0.2, -0.15) is 15.0 Å². The number of methoxy groups -OCH3 is 1. The number of aromatic nitrogens is 3. The SMILES string of the molecule is COc1nc(CNS(=O)(=O)c2ccc(F)c(Cl)c2)nc(N(C)C)n1. The van der Waals surface area contributed by atoms with E-state index in [1.54, 1.807) is 19.0 Å². The van der Waals surface area contributed by atoms with E-state index >= 15 is 0 Å². The Hall–Kier alpha value is -2.04. The molecule has 1 heterocycles. The number of hydrogen-bond acceptors (Lipinski definition) is 7. The van der Waals surface area contributed by atoms with Gasteiger partial charge in [-0.15, -0.1) is 0 Å². The summed E-state index contributed by atoms with van der Waals surface area (Å²) in [5.41, 5.74) is 0. The molecule has 0 radical (unpaired) electrons. The molecule has 0 saturated carbocycles. The first-order chi connectivity index (χ1) is 11.2. The average molecular weight is 376 g/mol. The highest BCUT2D eigenvalue weighted by Crippen LogP contribution is 2.19. The van der Waals surface area contributed by atoms with E-state index in [0.29, 0.717) is 5.95 Å². The molecule has 0 spiro atoms. The maximum Gasteiger partial charge on any atom is 0.321 e. The highest BCUT2D eigenvalue weighted by Gasteiger charge is 2.17. The summed E-state index contributed by atoms with van der Waals surface area (Å²) < 4.78 is 44.9. The third kappa shape index (κ3) is 4.28. The molecule has 11 heteroatoms. The molecule has 1 aromatic carbocycles. The Kier molecular flexibility index (Phi) is 5.52. The average Bonchev–Trinajstić information content (AvgIpc) is 2.55. The van der Waals surface area contributed by atoms with Crippen LogP contribution in [0.15, 0.2) is 23.1 Å². The van der Waals surface area contributed by atoms with Crippen LogP contribution in [0.1, 0.15) is 5.82 Å². The van der Waals surface area contributed by atoms with Crippen LogP contribution in [-0.4, -0.2) is 44.6 Å². The molecule has 0 amide bonds. The summed E-state index contributed by atoms with van der Waals surface area (Å²) in [5.74, 6) is -0.211. The van der Waals surface area contributed by atoms with Crippen LogP contribution in [0.2, 0.25) is 5.02 Å². The number of ether oxygens (including phenoxy) is 1. The normalized spacial score (nSPS) is 11.4. The Labute approximate surface area is 143 Å². The molecule has 0 fully saturated rings. The molecule has 0 aliphatic heterocycles. The minimum Gasteiger partial charge on any atom is -0.467 e. The number of halogens is 2. The molecule has 2 aromatic rings. The monoisotopic (exact) mass is 375 g/mol. The number of hydrogen-bond donors (Lipinski definition) is 1. The van der Waals surface area contributed by atoms with Gasteiger partial charge in [-0.3, -0.25) is 0 Å². The summed E-state index contributed by atoms with van der Waals surface area (Å²) in [7, 11) is 0.937. The van der Waals surface area contributed by atoms with E-state index in [1.165, 1.54) is 7.11 Å². The summed E-state index contributed by atoms with van der Waals surface area (Å²) in [6, 6.07) is 3.18. The Balaban J connectivity index is 2.23. The van der Waals surface area contributed by atoms with Gasteiger partial charge in [0.25, 0.3) is 0 Å². The second-order valence-electron chi connectivity index (χ2n) is 4.83. The topological polar surface area (TPSA) is 97.3 Å². The summed E-state index contributed by atoms with van der Waals surface area (Å²) in [6.45, 7) is -0.197. The van der Waals surface area contributed by atoms with Crippen molar-refractivity contribution in [2.75, 3.05) is 26.1 Å². The van der Waals surface area contributed by atoms with Crippen LogP contribution in [0.3, 0.4) is 0 Å². The molecule has 2 rings (SSSR count). The highest BCUT2D eigenvalue weighted by atomic mass is 35.5. The van der Waals surface area contributed by atoms with Crippen LogP contribution in [0, 0.1) is 5.82 Å². The van der Waals surface area contributed by atoms with Crippen LogP contribution in [0.4, 0.5) is 10.3 Å². The molecule has 0 unspecified atom stereocenters. The zero-order valence-corrected chi connectivity index (χ0v) is 14.7. The standard InChI is InChI=1S/C13H15ClFN5O3S/c1-20(2)12-17-11(18-13(19-12)23-3)7-16-24(21,22)8-4-5-10(15)9(14)6-8/h4-6,16H,7H2,1-3H3. The van der Waals surface area contributed by atoms with Gasteiger partial charge in [0.1, 0.15) is 5.82 Å². The Morgan fingerprint density at radius 2 is 2.00 bits per heavy atom. The predicted molar refractivity (Wildman–Crippen MR) is 86.1 cm³/mol. The summed E-state index contributed by atoms with van der Waals surface area (Å²) in [6.07, 6.45) is 0. The number of nitrogens with one attached hydrogen (secondary N) is 1. The van der Waals surface area contributed by atoms with Crippen molar-refractivity contribution < 1.29 is 17.5 Å². The molecule has 0 saturated heterocycles. The highest BCUT2D eigenvalue weighted by molar-refractivity contribution is 7.89. The Bertz CT molecular complexity index is 847. The van der Waals surface area contributed by atoms with Crippen molar-refractivity contribution in [3.05, 3.63) is 34.9 Å². The van der Waals surface area contributed by atoms with Crippen molar-refractivity contribution in [3.8, 4) is 6.01 Å². The second kappa shape index (κ2) is 7.24. The fourth-order valence-electron chi connectivity index (χ4n) is 1.64. The Morgan fingerprint density at radius 3 is 2.58 bits per heavy atom. The van der Waals surface area contributed by atoms with Crippen LogP contribution in [0.25, 0.3) is 0 Å². The molecule has 0 atom stereocenters. The van der Waals surface area contributed by atoms with Crippen molar-refractivity contribution >= 4 is 27.6 Å². The third-order valence-electron chi connectivity index (χ3n) is 2.85. The van der Waals surface area contributed by atoms with E-state index < -0.39 is 15.8 Å². The van der Waals surface area contributed by atoms with Crippen molar-refractivity contribution in [2.24, 2.45) is 0 Å². The maximum absolute atomic E-state index is 13.1. The van der Waals surface area contributed by atoms with Gasteiger partial charge < -0.3 is 9.64 Å². The van der Waals surface area contributed by atoms with E-state index in [0.717, 1.165) is 18.2 Å². The fourth-order valence-corrected chi connectivity index (χ4v) is 2.89. The zero-order chi connectivity index (χ0) is 17.9. The van der Waals surface area contributed by atoms with Gasteiger partial charge in [0.05, 0.1) is 23.6 Å². The number of nitrogens with zero attached hydrogens (tertiary/aromatic N) is 4. The van der Waals surface area contributed by atoms with Crippen LogP contribution < -0.4 is 14.4 Å². The molecule has 1 aromatic heterocycles. The molecule has 130 valence electrons. The summed E-state index contributed by atoms with van der Waals surface area (Å²) in [4.78, 5) is 13.6. The number of anilines is 1. The third-order valence-corrected chi connectivity index (χ3v) is 4.54.